The molecule has 1 fully saturated rings. The number of hydrogen-bond donors (Lipinski definition) is 1. The zero-order valence-corrected chi connectivity index (χ0v) is 18.0. The number of esters is 1. The summed E-state index contributed by atoms with van der Waals surface area (Å²) in [5.41, 5.74) is 0.0829. The molecule has 1 amide bonds. The van der Waals surface area contributed by atoms with Crippen molar-refractivity contribution in [3.8, 4) is 0 Å². The summed E-state index contributed by atoms with van der Waals surface area (Å²) in [5, 5.41) is 13.3. The Balaban J connectivity index is 1.69. The number of ether oxygens (including phenoxy) is 2. The zero-order chi connectivity index (χ0) is 23.3. The standard InChI is InChI=1S/C20H21N3O8S/c1-14-6-7-15(12-18(14)32(28,29)22-8-10-30-11-9-22)20(25)31-13-19(24)21-16-4-2-3-5-17(16)23(26)27/h2-7,12H,8-11,13H2,1H3,(H,21,24). The molecule has 2 aromatic carbocycles. The molecular formula is C20H21N3O8S. The number of carbonyl (C=O) groups is 2. The van der Waals surface area contributed by atoms with E-state index in [1.807, 2.05) is 0 Å². The van der Waals surface area contributed by atoms with Crippen LogP contribution in [-0.2, 0) is 24.3 Å². The summed E-state index contributed by atoms with van der Waals surface area (Å²) in [6.45, 7) is 1.90. The van der Waals surface area contributed by atoms with Crippen LogP contribution in [-0.4, -0.2) is 62.4 Å². The van der Waals surface area contributed by atoms with E-state index in [2.05, 4.69) is 5.32 Å². The van der Waals surface area contributed by atoms with Gasteiger partial charge in [-0.3, -0.25) is 14.9 Å². The maximum Gasteiger partial charge on any atom is 0.338 e. The van der Waals surface area contributed by atoms with Crippen LogP contribution in [0, 0.1) is 17.0 Å². The van der Waals surface area contributed by atoms with Crippen LogP contribution in [0.1, 0.15) is 15.9 Å². The Morgan fingerprint density at radius 2 is 1.88 bits per heavy atom. The zero-order valence-electron chi connectivity index (χ0n) is 17.1. The van der Waals surface area contributed by atoms with E-state index in [-0.39, 0.29) is 48.1 Å². The van der Waals surface area contributed by atoms with Crippen LogP contribution < -0.4 is 5.32 Å². The first-order valence-electron chi connectivity index (χ1n) is 9.59. The third-order valence-corrected chi connectivity index (χ3v) is 6.76. The van der Waals surface area contributed by atoms with Crippen molar-refractivity contribution in [1.82, 2.24) is 4.31 Å². The second-order valence-electron chi connectivity index (χ2n) is 6.90. The quantitative estimate of drug-likeness (QED) is 0.371. The van der Waals surface area contributed by atoms with Crippen LogP contribution in [0.3, 0.4) is 0 Å². The largest absolute Gasteiger partial charge is 0.452 e. The van der Waals surface area contributed by atoms with E-state index >= 15 is 0 Å². The Hall–Kier alpha value is -3.35. The minimum Gasteiger partial charge on any atom is -0.452 e. The van der Waals surface area contributed by atoms with Crippen molar-refractivity contribution in [2.24, 2.45) is 0 Å². The summed E-state index contributed by atoms with van der Waals surface area (Å²) >= 11 is 0. The van der Waals surface area contributed by atoms with Crippen LogP contribution in [0.5, 0.6) is 0 Å². The molecule has 1 aliphatic rings. The van der Waals surface area contributed by atoms with E-state index in [4.69, 9.17) is 9.47 Å². The van der Waals surface area contributed by atoms with Crippen molar-refractivity contribution in [3.05, 3.63) is 63.7 Å². The van der Waals surface area contributed by atoms with Crippen molar-refractivity contribution >= 4 is 33.3 Å². The van der Waals surface area contributed by atoms with Gasteiger partial charge in [-0.05, 0) is 30.7 Å². The molecule has 0 aliphatic carbocycles. The predicted molar refractivity (Wildman–Crippen MR) is 113 cm³/mol. The minimum absolute atomic E-state index is 0.0294. The fourth-order valence-corrected chi connectivity index (χ4v) is 4.73. The number of nitrogens with zero attached hydrogens (tertiary/aromatic N) is 2. The molecule has 0 radical (unpaired) electrons. The number of morpholine rings is 1. The first kappa shape index (κ1) is 23.3. The molecule has 2 aromatic rings. The molecule has 0 saturated carbocycles. The van der Waals surface area contributed by atoms with Crippen LogP contribution in [0.25, 0.3) is 0 Å². The average Bonchev–Trinajstić information content (AvgIpc) is 2.78. The van der Waals surface area contributed by atoms with Gasteiger partial charge in [-0.1, -0.05) is 18.2 Å². The molecule has 0 aromatic heterocycles. The molecule has 32 heavy (non-hydrogen) atoms. The summed E-state index contributed by atoms with van der Waals surface area (Å²) in [6.07, 6.45) is 0. The second-order valence-corrected chi connectivity index (χ2v) is 8.80. The molecule has 0 bridgehead atoms. The number of rotatable bonds is 7. The van der Waals surface area contributed by atoms with Crippen molar-refractivity contribution in [1.29, 1.82) is 0 Å². The SMILES string of the molecule is Cc1ccc(C(=O)OCC(=O)Nc2ccccc2[N+](=O)[O-])cc1S(=O)(=O)N1CCOCC1. The number of hydrogen-bond acceptors (Lipinski definition) is 8. The highest BCUT2D eigenvalue weighted by Crippen LogP contribution is 2.24. The fraction of sp³-hybridized carbons (Fsp3) is 0.300. The maximum atomic E-state index is 12.9. The Bertz CT molecular complexity index is 1140. The number of nitro groups is 1. The normalized spacial score (nSPS) is 14.5. The molecule has 11 nitrogen and oxygen atoms in total. The second kappa shape index (κ2) is 9.85. The van der Waals surface area contributed by atoms with E-state index in [1.165, 1.54) is 46.8 Å². The van der Waals surface area contributed by atoms with Gasteiger partial charge < -0.3 is 14.8 Å². The highest BCUT2D eigenvalue weighted by molar-refractivity contribution is 7.89. The van der Waals surface area contributed by atoms with Gasteiger partial charge in [-0.25, -0.2) is 13.2 Å². The number of nitro benzene ring substituents is 1. The molecular weight excluding hydrogens is 442 g/mol. The first-order chi connectivity index (χ1) is 15.2. The summed E-state index contributed by atoms with van der Waals surface area (Å²) in [5.74, 6) is -1.68. The Kier molecular flexibility index (Phi) is 7.18. The number of benzene rings is 2. The number of sulfonamides is 1. The van der Waals surface area contributed by atoms with Gasteiger partial charge in [-0.2, -0.15) is 4.31 Å². The topological polar surface area (TPSA) is 145 Å². The lowest BCUT2D eigenvalue weighted by atomic mass is 10.1. The van der Waals surface area contributed by atoms with Crippen molar-refractivity contribution < 1.29 is 32.4 Å². The van der Waals surface area contributed by atoms with Gasteiger partial charge in [0.15, 0.2) is 6.61 Å². The lowest BCUT2D eigenvalue weighted by Gasteiger charge is -2.26. The third kappa shape index (κ3) is 5.28. The molecule has 1 saturated heterocycles. The Morgan fingerprint density at radius 3 is 2.56 bits per heavy atom. The number of para-hydroxylation sites is 2. The molecule has 0 spiro atoms. The van der Waals surface area contributed by atoms with Crippen molar-refractivity contribution in [3.63, 3.8) is 0 Å². The van der Waals surface area contributed by atoms with Crippen LogP contribution in [0.4, 0.5) is 11.4 Å². The smallest absolute Gasteiger partial charge is 0.338 e. The predicted octanol–water partition coefficient (Wildman–Crippen LogP) is 1.72. The van der Waals surface area contributed by atoms with Gasteiger partial charge in [-0.15, -0.1) is 0 Å². The van der Waals surface area contributed by atoms with Crippen LogP contribution >= 0.6 is 0 Å². The molecule has 0 atom stereocenters. The minimum atomic E-state index is -3.83. The molecule has 12 heteroatoms. The van der Waals surface area contributed by atoms with Crippen LogP contribution in [0.15, 0.2) is 47.4 Å². The van der Waals surface area contributed by atoms with Gasteiger partial charge in [0.2, 0.25) is 10.0 Å². The number of anilines is 1. The van der Waals surface area contributed by atoms with E-state index in [1.54, 1.807) is 6.92 Å². The third-order valence-electron chi connectivity index (χ3n) is 4.72. The van der Waals surface area contributed by atoms with Gasteiger partial charge in [0.05, 0.1) is 28.6 Å². The summed E-state index contributed by atoms with van der Waals surface area (Å²) in [4.78, 5) is 34.8. The first-order valence-corrected chi connectivity index (χ1v) is 11.0. The number of amides is 1. The molecule has 1 aliphatic heterocycles. The highest BCUT2D eigenvalue weighted by Gasteiger charge is 2.28. The Morgan fingerprint density at radius 1 is 1.19 bits per heavy atom. The van der Waals surface area contributed by atoms with Crippen molar-refractivity contribution in [2.75, 3.05) is 38.2 Å². The van der Waals surface area contributed by atoms with Gasteiger partial charge in [0, 0.05) is 19.2 Å². The molecule has 1 N–H and O–H groups in total. The van der Waals surface area contributed by atoms with Gasteiger partial charge in [0.1, 0.15) is 5.69 Å². The Labute approximate surface area is 184 Å². The fourth-order valence-electron chi connectivity index (χ4n) is 3.07. The summed E-state index contributed by atoms with van der Waals surface area (Å²) < 4.78 is 37.3. The molecule has 1 heterocycles. The van der Waals surface area contributed by atoms with E-state index < -0.39 is 33.4 Å². The molecule has 3 rings (SSSR count). The van der Waals surface area contributed by atoms with E-state index in [9.17, 15) is 28.1 Å². The lowest BCUT2D eigenvalue weighted by molar-refractivity contribution is -0.383. The number of nitrogens with one attached hydrogen (secondary N) is 1. The van der Waals surface area contributed by atoms with E-state index in [0.29, 0.717) is 5.56 Å². The summed E-state index contributed by atoms with van der Waals surface area (Å²) in [7, 11) is -3.83. The van der Waals surface area contributed by atoms with Gasteiger partial charge in [0.25, 0.3) is 11.6 Å². The van der Waals surface area contributed by atoms with Crippen molar-refractivity contribution in [2.45, 2.75) is 11.8 Å². The number of aryl methyl sites for hydroxylation is 1. The molecule has 170 valence electrons. The molecule has 0 unspecified atom stereocenters. The summed E-state index contributed by atoms with van der Waals surface area (Å²) in [6, 6.07) is 9.63. The highest BCUT2D eigenvalue weighted by atomic mass is 32.2. The van der Waals surface area contributed by atoms with Gasteiger partial charge >= 0.3 is 5.97 Å². The number of carbonyl (C=O) groups excluding carboxylic acids is 2. The monoisotopic (exact) mass is 463 g/mol. The lowest BCUT2D eigenvalue weighted by Crippen LogP contribution is -2.40. The van der Waals surface area contributed by atoms with Crippen LogP contribution in [0.2, 0.25) is 0 Å². The van der Waals surface area contributed by atoms with E-state index in [0.717, 1.165) is 0 Å². The average molecular weight is 463 g/mol. The maximum absolute atomic E-state index is 12.9.